The van der Waals surface area contributed by atoms with Gasteiger partial charge in [-0.3, -0.25) is 0 Å². The van der Waals surface area contributed by atoms with Crippen molar-refractivity contribution in [3.8, 4) is 33.9 Å². The Kier molecular flexibility index (Phi) is 8.33. The van der Waals surface area contributed by atoms with E-state index in [0.717, 1.165) is 37.6 Å². The third-order valence-electron chi connectivity index (χ3n) is 5.81. The van der Waals surface area contributed by atoms with E-state index >= 15 is 0 Å². The molecule has 0 atom stereocenters. The van der Waals surface area contributed by atoms with Crippen LogP contribution >= 0.6 is 0 Å². The van der Waals surface area contributed by atoms with Gasteiger partial charge in [-0.05, 0) is 72.2 Å². The van der Waals surface area contributed by atoms with Crippen molar-refractivity contribution in [2.24, 2.45) is 18.9 Å². The molecule has 0 unspecified atom stereocenters. The molecule has 0 fully saturated rings. The van der Waals surface area contributed by atoms with E-state index in [2.05, 4.69) is 107 Å². The lowest BCUT2D eigenvalue weighted by atomic mass is 10.0. The van der Waals surface area contributed by atoms with Gasteiger partial charge >= 0.3 is 0 Å². The molecule has 1 heterocycles. The van der Waals surface area contributed by atoms with Crippen molar-refractivity contribution in [3.63, 3.8) is 0 Å². The molecular formula is C29H38NO2+. The van der Waals surface area contributed by atoms with Gasteiger partial charge in [0.25, 0.3) is 0 Å². The molecule has 2 aromatic carbocycles. The van der Waals surface area contributed by atoms with Gasteiger partial charge in [-0.25, -0.2) is 0 Å². The van der Waals surface area contributed by atoms with Crippen molar-refractivity contribution in [1.29, 1.82) is 0 Å². The summed E-state index contributed by atoms with van der Waals surface area (Å²) in [7, 11) is 2.12. The van der Waals surface area contributed by atoms with Crippen molar-refractivity contribution >= 4 is 0 Å². The zero-order valence-corrected chi connectivity index (χ0v) is 20.5. The van der Waals surface area contributed by atoms with Crippen LogP contribution in [0.5, 0.6) is 11.5 Å². The second kappa shape index (κ2) is 11.2. The predicted octanol–water partition coefficient (Wildman–Crippen LogP) is 7.00. The largest absolute Gasteiger partial charge is 0.494 e. The van der Waals surface area contributed by atoms with Gasteiger partial charge in [-0.2, -0.15) is 4.57 Å². The number of aromatic nitrogens is 1. The van der Waals surface area contributed by atoms with Crippen molar-refractivity contribution in [1.82, 2.24) is 0 Å². The van der Waals surface area contributed by atoms with Crippen LogP contribution in [0.15, 0.2) is 60.7 Å². The summed E-state index contributed by atoms with van der Waals surface area (Å²) in [5.74, 6) is 3.17. The van der Waals surface area contributed by atoms with Crippen molar-refractivity contribution in [2.75, 3.05) is 13.2 Å². The summed E-state index contributed by atoms with van der Waals surface area (Å²) in [6.45, 7) is 12.5. The molecular weight excluding hydrogens is 394 g/mol. The summed E-state index contributed by atoms with van der Waals surface area (Å²) in [4.78, 5) is 0. The summed E-state index contributed by atoms with van der Waals surface area (Å²) >= 11 is 0. The van der Waals surface area contributed by atoms with Crippen molar-refractivity contribution < 1.29 is 14.0 Å². The Balaban J connectivity index is 1.77. The van der Waals surface area contributed by atoms with Crippen LogP contribution in [0, 0.1) is 18.8 Å². The minimum atomic E-state index is 0.653. The number of ether oxygens (including phenoxy) is 2. The highest BCUT2D eigenvalue weighted by atomic mass is 16.5. The molecule has 0 radical (unpaired) electrons. The van der Waals surface area contributed by atoms with Crippen LogP contribution in [-0.2, 0) is 7.05 Å². The fourth-order valence-corrected chi connectivity index (χ4v) is 3.53. The highest BCUT2D eigenvalue weighted by molar-refractivity contribution is 5.70. The molecule has 1 aromatic heterocycles. The standard InChI is InChI=1S/C29H38NO2/c1-21(2)15-17-31-27-11-7-24(8-12-27)26-19-23(5)30(6)29(20-26)25-9-13-28(14-10-25)32-18-16-22(3)4/h7-14,19-22H,15-18H2,1-6H3/q+1. The van der Waals surface area contributed by atoms with Crippen molar-refractivity contribution in [2.45, 2.75) is 47.5 Å². The Labute approximate surface area is 194 Å². The van der Waals surface area contributed by atoms with Crippen LogP contribution < -0.4 is 14.0 Å². The molecule has 0 N–H and O–H groups in total. The Hall–Kier alpha value is -2.81. The maximum absolute atomic E-state index is 5.89. The fraction of sp³-hybridized carbons (Fsp3) is 0.414. The molecule has 0 saturated heterocycles. The molecule has 0 spiro atoms. The van der Waals surface area contributed by atoms with Gasteiger partial charge in [0.05, 0.1) is 13.2 Å². The van der Waals surface area contributed by atoms with E-state index in [1.807, 2.05) is 0 Å². The van der Waals surface area contributed by atoms with Gasteiger partial charge in [-0.1, -0.05) is 39.8 Å². The Morgan fingerprint density at radius 2 is 1.12 bits per heavy atom. The molecule has 3 rings (SSSR count). The average molecular weight is 433 g/mol. The SMILES string of the molecule is Cc1cc(-c2ccc(OCCC(C)C)cc2)cc(-c2ccc(OCCC(C)C)cc2)[n+]1C. The zero-order valence-electron chi connectivity index (χ0n) is 20.5. The average Bonchev–Trinajstić information content (AvgIpc) is 2.76. The first-order valence-electron chi connectivity index (χ1n) is 11.8. The molecule has 0 aliphatic carbocycles. The lowest BCUT2D eigenvalue weighted by molar-refractivity contribution is -0.666. The van der Waals surface area contributed by atoms with E-state index in [1.54, 1.807) is 0 Å². The third-order valence-corrected chi connectivity index (χ3v) is 5.81. The van der Waals surface area contributed by atoms with Gasteiger partial charge in [0.15, 0.2) is 5.69 Å². The van der Waals surface area contributed by atoms with E-state index in [-0.39, 0.29) is 0 Å². The van der Waals surface area contributed by atoms with Crippen LogP contribution in [0.2, 0.25) is 0 Å². The molecule has 0 amide bonds. The molecule has 32 heavy (non-hydrogen) atoms. The van der Waals surface area contributed by atoms with E-state index in [0.29, 0.717) is 11.8 Å². The second-order valence-corrected chi connectivity index (χ2v) is 9.44. The fourth-order valence-electron chi connectivity index (χ4n) is 3.53. The molecule has 0 bridgehead atoms. The molecule has 0 aliphatic heterocycles. The van der Waals surface area contributed by atoms with E-state index in [4.69, 9.17) is 9.47 Å². The second-order valence-electron chi connectivity index (χ2n) is 9.44. The third kappa shape index (κ3) is 6.59. The lowest BCUT2D eigenvalue weighted by Gasteiger charge is -2.11. The molecule has 0 saturated carbocycles. The van der Waals surface area contributed by atoms with Gasteiger partial charge in [0.2, 0.25) is 5.69 Å². The summed E-state index contributed by atoms with van der Waals surface area (Å²) in [6.07, 6.45) is 2.14. The Morgan fingerprint density at radius 1 is 0.656 bits per heavy atom. The highest BCUT2D eigenvalue weighted by Gasteiger charge is 2.16. The molecule has 3 heteroatoms. The number of benzene rings is 2. The van der Waals surface area contributed by atoms with Crippen LogP contribution in [-0.4, -0.2) is 13.2 Å². The molecule has 0 aliphatic rings. The first-order chi connectivity index (χ1) is 15.3. The monoisotopic (exact) mass is 432 g/mol. The van der Waals surface area contributed by atoms with Gasteiger partial charge < -0.3 is 9.47 Å². The van der Waals surface area contributed by atoms with E-state index in [1.165, 1.54) is 28.1 Å². The Bertz CT molecular complexity index is 989. The first-order valence-corrected chi connectivity index (χ1v) is 11.8. The van der Waals surface area contributed by atoms with Crippen LogP contribution in [0.4, 0.5) is 0 Å². The number of hydrogen-bond acceptors (Lipinski definition) is 2. The quantitative estimate of drug-likeness (QED) is 0.322. The number of pyridine rings is 1. The summed E-state index contributed by atoms with van der Waals surface area (Å²) in [5.41, 5.74) is 5.99. The molecule has 3 nitrogen and oxygen atoms in total. The van der Waals surface area contributed by atoms with Gasteiger partial charge in [0, 0.05) is 24.6 Å². The maximum Gasteiger partial charge on any atom is 0.213 e. The lowest BCUT2D eigenvalue weighted by Crippen LogP contribution is -2.34. The Morgan fingerprint density at radius 3 is 1.59 bits per heavy atom. The summed E-state index contributed by atoms with van der Waals surface area (Å²) in [5, 5.41) is 0. The minimum absolute atomic E-state index is 0.653. The number of aryl methyl sites for hydroxylation is 1. The van der Waals surface area contributed by atoms with Gasteiger partial charge in [0.1, 0.15) is 18.5 Å². The normalized spacial score (nSPS) is 11.2. The van der Waals surface area contributed by atoms with E-state index < -0.39 is 0 Å². The number of nitrogens with zero attached hydrogens (tertiary/aromatic N) is 1. The van der Waals surface area contributed by atoms with E-state index in [9.17, 15) is 0 Å². The number of rotatable bonds is 10. The topological polar surface area (TPSA) is 22.3 Å². The summed E-state index contributed by atoms with van der Waals surface area (Å²) in [6, 6.07) is 21.4. The van der Waals surface area contributed by atoms with Crippen LogP contribution in [0.3, 0.4) is 0 Å². The first kappa shape index (κ1) is 23.8. The highest BCUT2D eigenvalue weighted by Crippen LogP contribution is 2.28. The smallest absolute Gasteiger partial charge is 0.213 e. The van der Waals surface area contributed by atoms with Crippen LogP contribution in [0.25, 0.3) is 22.4 Å². The van der Waals surface area contributed by atoms with Gasteiger partial charge in [-0.15, -0.1) is 0 Å². The van der Waals surface area contributed by atoms with Crippen LogP contribution in [0.1, 0.15) is 46.2 Å². The predicted molar refractivity (Wildman–Crippen MR) is 133 cm³/mol. The van der Waals surface area contributed by atoms with Crippen molar-refractivity contribution in [3.05, 3.63) is 66.4 Å². The summed E-state index contributed by atoms with van der Waals surface area (Å²) < 4.78 is 14.0. The minimum Gasteiger partial charge on any atom is -0.494 e. The maximum atomic E-state index is 5.89. The molecule has 170 valence electrons. The molecule has 3 aromatic rings. The zero-order chi connectivity index (χ0) is 23.1. The number of hydrogen-bond donors (Lipinski definition) is 0.